The van der Waals surface area contributed by atoms with Crippen molar-refractivity contribution in [1.29, 1.82) is 0 Å². The second kappa shape index (κ2) is 8.91. The summed E-state index contributed by atoms with van der Waals surface area (Å²) < 4.78 is 10.9. The van der Waals surface area contributed by atoms with Gasteiger partial charge in [-0.2, -0.15) is 0 Å². The zero-order valence-corrected chi connectivity index (χ0v) is 16.8. The maximum Gasteiger partial charge on any atom is 0.269 e. The summed E-state index contributed by atoms with van der Waals surface area (Å²) in [6, 6.07) is 10.2. The molecule has 0 radical (unpaired) electrons. The van der Waals surface area contributed by atoms with Crippen molar-refractivity contribution in [2.45, 2.75) is 25.8 Å². The number of nitro groups is 1. The van der Waals surface area contributed by atoms with E-state index in [0.29, 0.717) is 11.3 Å². The normalized spacial score (nSPS) is 16.4. The van der Waals surface area contributed by atoms with Gasteiger partial charge in [0.2, 0.25) is 5.91 Å². The minimum absolute atomic E-state index is 0.00484. The van der Waals surface area contributed by atoms with Crippen LogP contribution in [-0.4, -0.2) is 43.0 Å². The molecule has 1 heterocycles. The molecule has 2 aromatic rings. The Hall–Kier alpha value is -3.13. The Labute approximate surface area is 169 Å². The van der Waals surface area contributed by atoms with Gasteiger partial charge in [0.15, 0.2) is 0 Å². The van der Waals surface area contributed by atoms with E-state index in [0.717, 1.165) is 36.4 Å². The fourth-order valence-corrected chi connectivity index (χ4v) is 3.74. The summed E-state index contributed by atoms with van der Waals surface area (Å²) >= 11 is 0. The van der Waals surface area contributed by atoms with E-state index in [9.17, 15) is 14.9 Å². The molecule has 8 heteroatoms. The highest BCUT2D eigenvalue weighted by Gasteiger charge is 2.30. The summed E-state index contributed by atoms with van der Waals surface area (Å²) in [6.45, 7) is 2.77. The van der Waals surface area contributed by atoms with E-state index in [-0.39, 0.29) is 24.2 Å². The molecule has 0 spiro atoms. The Bertz CT molecular complexity index is 915. The molecule has 2 aromatic carbocycles. The van der Waals surface area contributed by atoms with Crippen LogP contribution in [0.25, 0.3) is 0 Å². The number of hydrogen-bond acceptors (Lipinski definition) is 6. The lowest BCUT2D eigenvalue weighted by Gasteiger charge is -2.26. The van der Waals surface area contributed by atoms with Crippen LogP contribution in [0.4, 0.5) is 11.4 Å². The number of carbonyl (C=O) groups excluding carboxylic acids is 1. The molecule has 8 nitrogen and oxygen atoms in total. The SMILES string of the molecule is COc1ccc(OC)c([C@H]2CCCN2CC(=O)Nc2ccc([N+](=O)[O-])cc2C)c1. The van der Waals surface area contributed by atoms with Crippen molar-refractivity contribution in [1.82, 2.24) is 4.90 Å². The van der Waals surface area contributed by atoms with E-state index in [4.69, 9.17) is 9.47 Å². The summed E-state index contributed by atoms with van der Waals surface area (Å²) in [5.74, 6) is 1.36. The number of benzene rings is 2. The maximum absolute atomic E-state index is 12.7. The van der Waals surface area contributed by atoms with Gasteiger partial charge in [0.25, 0.3) is 5.69 Å². The molecular weight excluding hydrogens is 374 g/mol. The molecule has 3 rings (SSSR count). The number of amides is 1. The second-order valence-corrected chi connectivity index (χ2v) is 7.04. The van der Waals surface area contributed by atoms with Crippen LogP contribution in [0.1, 0.15) is 30.0 Å². The van der Waals surface area contributed by atoms with Crippen molar-refractivity contribution >= 4 is 17.3 Å². The first-order valence-corrected chi connectivity index (χ1v) is 9.43. The van der Waals surface area contributed by atoms with E-state index in [2.05, 4.69) is 10.2 Å². The zero-order chi connectivity index (χ0) is 21.0. The summed E-state index contributed by atoms with van der Waals surface area (Å²) in [5, 5.41) is 13.7. The Kier molecular flexibility index (Phi) is 6.33. The molecule has 1 amide bonds. The van der Waals surface area contributed by atoms with Crippen LogP contribution in [0.2, 0.25) is 0 Å². The monoisotopic (exact) mass is 399 g/mol. The number of nitro benzene ring substituents is 1. The van der Waals surface area contributed by atoms with Gasteiger partial charge in [0.1, 0.15) is 11.5 Å². The molecule has 0 aromatic heterocycles. The van der Waals surface area contributed by atoms with Crippen LogP contribution in [0.5, 0.6) is 11.5 Å². The number of rotatable bonds is 7. The van der Waals surface area contributed by atoms with E-state index >= 15 is 0 Å². The van der Waals surface area contributed by atoms with Gasteiger partial charge < -0.3 is 14.8 Å². The van der Waals surface area contributed by atoms with Crippen molar-refractivity contribution in [3.63, 3.8) is 0 Å². The smallest absolute Gasteiger partial charge is 0.269 e. The van der Waals surface area contributed by atoms with Crippen molar-refractivity contribution in [3.05, 3.63) is 57.6 Å². The van der Waals surface area contributed by atoms with Crippen LogP contribution >= 0.6 is 0 Å². The minimum atomic E-state index is -0.449. The Morgan fingerprint density at radius 2 is 2.03 bits per heavy atom. The molecule has 1 aliphatic heterocycles. The summed E-state index contributed by atoms with van der Waals surface area (Å²) in [6.07, 6.45) is 1.90. The van der Waals surface area contributed by atoms with Crippen LogP contribution < -0.4 is 14.8 Å². The van der Waals surface area contributed by atoms with Gasteiger partial charge in [-0.3, -0.25) is 19.8 Å². The molecule has 154 valence electrons. The number of carbonyl (C=O) groups is 1. The van der Waals surface area contributed by atoms with Crippen molar-refractivity contribution in [2.75, 3.05) is 32.6 Å². The molecule has 0 aliphatic carbocycles. The summed E-state index contributed by atoms with van der Waals surface area (Å²) in [4.78, 5) is 25.2. The average molecular weight is 399 g/mol. The number of likely N-dealkylation sites (tertiary alicyclic amines) is 1. The number of anilines is 1. The first-order valence-electron chi connectivity index (χ1n) is 9.43. The lowest BCUT2D eigenvalue weighted by atomic mass is 10.0. The zero-order valence-electron chi connectivity index (χ0n) is 16.8. The number of hydrogen-bond donors (Lipinski definition) is 1. The van der Waals surface area contributed by atoms with Crippen LogP contribution in [-0.2, 0) is 4.79 Å². The van der Waals surface area contributed by atoms with E-state index in [1.54, 1.807) is 27.2 Å². The fourth-order valence-electron chi connectivity index (χ4n) is 3.74. The van der Waals surface area contributed by atoms with Gasteiger partial charge in [-0.15, -0.1) is 0 Å². The van der Waals surface area contributed by atoms with Crippen LogP contribution in [0.15, 0.2) is 36.4 Å². The van der Waals surface area contributed by atoms with Crippen LogP contribution in [0.3, 0.4) is 0 Å². The van der Waals surface area contributed by atoms with Gasteiger partial charge in [-0.25, -0.2) is 0 Å². The highest BCUT2D eigenvalue weighted by atomic mass is 16.6. The molecule has 1 saturated heterocycles. The first kappa shape index (κ1) is 20.6. The topological polar surface area (TPSA) is 93.9 Å². The number of aryl methyl sites for hydroxylation is 1. The molecule has 0 bridgehead atoms. The lowest BCUT2D eigenvalue weighted by molar-refractivity contribution is -0.384. The van der Waals surface area contributed by atoms with Gasteiger partial charge in [0, 0.05) is 29.4 Å². The third kappa shape index (κ3) is 4.65. The molecule has 1 N–H and O–H groups in total. The first-order chi connectivity index (χ1) is 13.9. The maximum atomic E-state index is 12.7. The van der Waals surface area contributed by atoms with E-state index in [1.165, 1.54) is 12.1 Å². The molecule has 1 fully saturated rings. The number of nitrogens with zero attached hydrogens (tertiary/aromatic N) is 2. The summed E-state index contributed by atoms with van der Waals surface area (Å²) in [7, 11) is 3.26. The number of non-ortho nitro benzene ring substituents is 1. The van der Waals surface area contributed by atoms with E-state index < -0.39 is 4.92 Å². The molecule has 0 unspecified atom stereocenters. The van der Waals surface area contributed by atoms with Crippen molar-refractivity contribution in [3.8, 4) is 11.5 Å². The average Bonchev–Trinajstić information content (AvgIpc) is 3.16. The molecule has 0 saturated carbocycles. The highest BCUT2D eigenvalue weighted by Crippen LogP contribution is 2.38. The standard InChI is InChI=1S/C21H25N3O5/c1-14-11-15(24(26)27)6-8-18(14)22-21(25)13-23-10-4-5-19(23)17-12-16(28-2)7-9-20(17)29-3/h6-9,11-12,19H,4-5,10,13H2,1-3H3,(H,22,25)/t19-/m1/s1. The van der Waals surface area contributed by atoms with Gasteiger partial charge >= 0.3 is 0 Å². The van der Waals surface area contributed by atoms with Gasteiger partial charge in [0.05, 0.1) is 25.7 Å². The van der Waals surface area contributed by atoms with Crippen molar-refractivity contribution in [2.24, 2.45) is 0 Å². The largest absolute Gasteiger partial charge is 0.497 e. The highest BCUT2D eigenvalue weighted by molar-refractivity contribution is 5.93. The number of nitrogens with one attached hydrogen (secondary N) is 1. The molecule has 1 atom stereocenters. The second-order valence-electron chi connectivity index (χ2n) is 7.04. The van der Waals surface area contributed by atoms with Crippen molar-refractivity contribution < 1.29 is 19.2 Å². The molecular formula is C21H25N3O5. The predicted octanol–water partition coefficient (Wildman–Crippen LogP) is 3.70. The number of methoxy groups -OCH3 is 2. The third-order valence-electron chi connectivity index (χ3n) is 5.20. The third-order valence-corrected chi connectivity index (χ3v) is 5.20. The van der Waals surface area contributed by atoms with Crippen LogP contribution in [0, 0.1) is 17.0 Å². The fraction of sp³-hybridized carbons (Fsp3) is 0.381. The Morgan fingerprint density at radius 3 is 2.69 bits per heavy atom. The Morgan fingerprint density at radius 1 is 1.24 bits per heavy atom. The molecule has 1 aliphatic rings. The number of ether oxygens (including phenoxy) is 2. The quantitative estimate of drug-likeness (QED) is 0.564. The predicted molar refractivity (Wildman–Crippen MR) is 110 cm³/mol. The minimum Gasteiger partial charge on any atom is -0.497 e. The Balaban J connectivity index is 1.73. The van der Waals surface area contributed by atoms with Gasteiger partial charge in [-0.1, -0.05) is 0 Å². The molecule has 29 heavy (non-hydrogen) atoms. The van der Waals surface area contributed by atoms with Gasteiger partial charge in [-0.05, 0) is 56.1 Å². The lowest BCUT2D eigenvalue weighted by Crippen LogP contribution is -2.33. The van der Waals surface area contributed by atoms with E-state index in [1.807, 2.05) is 18.2 Å². The summed E-state index contributed by atoms with van der Waals surface area (Å²) in [5.41, 5.74) is 2.24.